The first-order chi connectivity index (χ1) is 8.74. The Hall–Kier alpha value is -0.810. The third-order valence-electron chi connectivity index (χ3n) is 3.79. The highest BCUT2D eigenvalue weighted by Crippen LogP contribution is 2.13. The SMILES string of the molecule is CN1CCC[C@@H](CNC(=O)NC[C@H]2CCCO2)C1. The molecule has 2 N–H and O–H groups in total. The van der Waals surface area contributed by atoms with Crippen molar-refractivity contribution in [2.24, 2.45) is 5.92 Å². The monoisotopic (exact) mass is 255 g/mol. The predicted octanol–water partition coefficient (Wildman–Crippen LogP) is 0.806. The van der Waals surface area contributed by atoms with Crippen LogP contribution in [0.25, 0.3) is 0 Å². The van der Waals surface area contributed by atoms with E-state index in [9.17, 15) is 4.79 Å². The summed E-state index contributed by atoms with van der Waals surface area (Å²) >= 11 is 0. The molecule has 0 saturated carbocycles. The van der Waals surface area contributed by atoms with Crippen molar-refractivity contribution in [2.45, 2.75) is 31.8 Å². The van der Waals surface area contributed by atoms with E-state index in [1.54, 1.807) is 0 Å². The topological polar surface area (TPSA) is 53.6 Å². The van der Waals surface area contributed by atoms with E-state index in [0.717, 1.165) is 32.5 Å². The van der Waals surface area contributed by atoms with Crippen LogP contribution < -0.4 is 10.6 Å². The fourth-order valence-electron chi connectivity index (χ4n) is 2.75. The maximum Gasteiger partial charge on any atom is 0.314 e. The number of likely N-dealkylation sites (tertiary alicyclic amines) is 1. The van der Waals surface area contributed by atoms with Gasteiger partial charge in [0.05, 0.1) is 6.10 Å². The number of nitrogens with one attached hydrogen (secondary N) is 2. The fourth-order valence-corrected chi connectivity index (χ4v) is 2.75. The van der Waals surface area contributed by atoms with E-state index in [4.69, 9.17) is 4.74 Å². The number of carbonyl (C=O) groups excluding carboxylic acids is 1. The van der Waals surface area contributed by atoms with Crippen molar-refractivity contribution in [1.82, 2.24) is 15.5 Å². The van der Waals surface area contributed by atoms with Gasteiger partial charge in [-0.15, -0.1) is 0 Å². The van der Waals surface area contributed by atoms with Gasteiger partial charge in [-0.05, 0) is 45.2 Å². The van der Waals surface area contributed by atoms with Gasteiger partial charge in [0.1, 0.15) is 0 Å². The molecule has 2 amide bonds. The van der Waals surface area contributed by atoms with E-state index in [-0.39, 0.29) is 12.1 Å². The average Bonchev–Trinajstić information content (AvgIpc) is 2.87. The molecule has 0 aromatic heterocycles. The minimum Gasteiger partial charge on any atom is -0.376 e. The van der Waals surface area contributed by atoms with Crippen molar-refractivity contribution in [1.29, 1.82) is 0 Å². The van der Waals surface area contributed by atoms with E-state index < -0.39 is 0 Å². The number of amides is 2. The van der Waals surface area contributed by atoms with Crippen molar-refractivity contribution in [3.63, 3.8) is 0 Å². The second-order valence-electron chi connectivity index (χ2n) is 5.50. The molecule has 2 fully saturated rings. The molecule has 2 saturated heterocycles. The number of piperidine rings is 1. The second-order valence-corrected chi connectivity index (χ2v) is 5.50. The van der Waals surface area contributed by atoms with Gasteiger partial charge in [0.25, 0.3) is 0 Å². The quantitative estimate of drug-likeness (QED) is 0.781. The molecule has 0 unspecified atom stereocenters. The van der Waals surface area contributed by atoms with Crippen LogP contribution in [0.2, 0.25) is 0 Å². The number of urea groups is 1. The van der Waals surface area contributed by atoms with Crippen LogP contribution in [-0.4, -0.2) is 56.9 Å². The van der Waals surface area contributed by atoms with Crippen LogP contribution >= 0.6 is 0 Å². The molecule has 0 bridgehead atoms. The van der Waals surface area contributed by atoms with E-state index in [2.05, 4.69) is 22.6 Å². The zero-order valence-electron chi connectivity index (χ0n) is 11.3. The lowest BCUT2D eigenvalue weighted by molar-refractivity contribution is 0.111. The lowest BCUT2D eigenvalue weighted by Crippen LogP contribution is -2.44. The first kappa shape index (κ1) is 13.6. The van der Waals surface area contributed by atoms with Crippen molar-refractivity contribution >= 4 is 6.03 Å². The molecule has 0 spiro atoms. The Morgan fingerprint density at radius 3 is 2.83 bits per heavy atom. The zero-order chi connectivity index (χ0) is 12.8. The van der Waals surface area contributed by atoms with Crippen molar-refractivity contribution in [2.75, 3.05) is 39.8 Å². The number of nitrogens with zero attached hydrogens (tertiary/aromatic N) is 1. The van der Waals surface area contributed by atoms with Crippen LogP contribution in [0.15, 0.2) is 0 Å². The number of rotatable bonds is 4. The lowest BCUT2D eigenvalue weighted by Gasteiger charge is -2.29. The number of hydrogen-bond acceptors (Lipinski definition) is 3. The first-order valence-corrected chi connectivity index (χ1v) is 7.06. The average molecular weight is 255 g/mol. The summed E-state index contributed by atoms with van der Waals surface area (Å²) in [4.78, 5) is 14.0. The summed E-state index contributed by atoms with van der Waals surface area (Å²) in [5.41, 5.74) is 0. The Kier molecular flexibility index (Phi) is 5.26. The summed E-state index contributed by atoms with van der Waals surface area (Å²) in [5, 5.41) is 5.85. The summed E-state index contributed by atoms with van der Waals surface area (Å²) in [6.07, 6.45) is 4.85. The minimum absolute atomic E-state index is 0.0567. The van der Waals surface area contributed by atoms with E-state index in [1.807, 2.05) is 0 Å². The van der Waals surface area contributed by atoms with Gasteiger partial charge < -0.3 is 20.3 Å². The second kappa shape index (κ2) is 6.95. The highest BCUT2D eigenvalue weighted by Gasteiger charge is 2.19. The summed E-state index contributed by atoms with van der Waals surface area (Å²) in [5.74, 6) is 0.595. The Bertz CT molecular complexity index is 267. The molecule has 2 rings (SSSR count). The molecular weight excluding hydrogens is 230 g/mol. The van der Waals surface area contributed by atoms with Crippen LogP contribution in [0.1, 0.15) is 25.7 Å². The molecule has 104 valence electrons. The van der Waals surface area contributed by atoms with Gasteiger partial charge in [-0.3, -0.25) is 0 Å². The number of hydrogen-bond donors (Lipinski definition) is 2. The first-order valence-electron chi connectivity index (χ1n) is 7.06. The molecule has 5 nitrogen and oxygen atoms in total. The highest BCUT2D eigenvalue weighted by atomic mass is 16.5. The summed E-state index contributed by atoms with van der Waals surface area (Å²) in [6.45, 7) is 4.52. The summed E-state index contributed by atoms with van der Waals surface area (Å²) in [7, 11) is 2.14. The van der Waals surface area contributed by atoms with Gasteiger partial charge in [-0.2, -0.15) is 0 Å². The van der Waals surface area contributed by atoms with Crippen LogP contribution in [0.4, 0.5) is 4.79 Å². The fraction of sp³-hybridized carbons (Fsp3) is 0.923. The van der Waals surface area contributed by atoms with Crippen molar-refractivity contribution < 1.29 is 9.53 Å². The lowest BCUT2D eigenvalue weighted by atomic mass is 9.99. The smallest absolute Gasteiger partial charge is 0.314 e. The summed E-state index contributed by atoms with van der Waals surface area (Å²) in [6, 6.07) is -0.0567. The van der Waals surface area contributed by atoms with E-state index in [0.29, 0.717) is 12.5 Å². The molecule has 2 aliphatic heterocycles. The molecule has 0 aromatic carbocycles. The Morgan fingerprint density at radius 1 is 1.28 bits per heavy atom. The molecule has 5 heteroatoms. The molecule has 18 heavy (non-hydrogen) atoms. The van der Waals surface area contributed by atoms with Crippen LogP contribution in [0.3, 0.4) is 0 Å². The standard InChI is InChI=1S/C13H25N3O2/c1-16-6-2-4-11(10-16)8-14-13(17)15-9-12-5-3-7-18-12/h11-12H,2-10H2,1H3,(H2,14,15,17)/t11-,12+/m0/s1. The van der Waals surface area contributed by atoms with Crippen LogP contribution in [0, 0.1) is 5.92 Å². The van der Waals surface area contributed by atoms with E-state index >= 15 is 0 Å². The molecule has 0 aromatic rings. The normalized spacial score (nSPS) is 29.2. The third-order valence-corrected chi connectivity index (χ3v) is 3.79. The van der Waals surface area contributed by atoms with E-state index in [1.165, 1.54) is 19.4 Å². The van der Waals surface area contributed by atoms with Gasteiger partial charge in [0.2, 0.25) is 0 Å². The molecule has 2 heterocycles. The molecular formula is C13H25N3O2. The molecule has 0 radical (unpaired) electrons. The van der Waals surface area contributed by atoms with Crippen LogP contribution in [0.5, 0.6) is 0 Å². The number of carbonyl (C=O) groups is 1. The van der Waals surface area contributed by atoms with Crippen molar-refractivity contribution in [3.8, 4) is 0 Å². The summed E-state index contributed by atoms with van der Waals surface area (Å²) < 4.78 is 5.46. The zero-order valence-corrected chi connectivity index (χ0v) is 11.3. The maximum atomic E-state index is 11.6. The largest absolute Gasteiger partial charge is 0.376 e. The highest BCUT2D eigenvalue weighted by molar-refractivity contribution is 5.73. The minimum atomic E-state index is -0.0567. The maximum absolute atomic E-state index is 11.6. The molecule has 2 atom stereocenters. The van der Waals surface area contributed by atoms with Gasteiger partial charge in [-0.25, -0.2) is 4.79 Å². The predicted molar refractivity (Wildman–Crippen MR) is 70.6 cm³/mol. The van der Waals surface area contributed by atoms with Crippen LogP contribution in [-0.2, 0) is 4.74 Å². The Balaban J connectivity index is 1.56. The van der Waals surface area contributed by atoms with Gasteiger partial charge in [0, 0.05) is 26.2 Å². The number of ether oxygens (including phenoxy) is 1. The van der Waals surface area contributed by atoms with Gasteiger partial charge >= 0.3 is 6.03 Å². The van der Waals surface area contributed by atoms with Crippen molar-refractivity contribution in [3.05, 3.63) is 0 Å². The molecule has 0 aliphatic carbocycles. The van der Waals surface area contributed by atoms with Gasteiger partial charge in [-0.1, -0.05) is 0 Å². The Morgan fingerprint density at radius 2 is 2.11 bits per heavy atom. The Labute approximate surface area is 109 Å². The van der Waals surface area contributed by atoms with Gasteiger partial charge in [0.15, 0.2) is 0 Å². The third kappa shape index (κ3) is 4.46. The molecule has 2 aliphatic rings.